The summed E-state index contributed by atoms with van der Waals surface area (Å²) >= 11 is -2.25. The Morgan fingerprint density at radius 3 is 2.55 bits per heavy atom. The van der Waals surface area contributed by atoms with Gasteiger partial charge in [0.25, 0.3) is 5.91 Å². The predicted molar refractivity (Wildman–Crippen MR) is 153 cm³/mol. The summed E-state index contributed by atoms with van der Waals surface area (Å²) in [5, 5.41) is 4.48. The van der Waals surface area contributed by atoms with Gasteiger partial charge in [0.05, 0.1) is 34.7 Å². The predicted octanol–water partition coefficient (Wildman–Crippen LogP) is 2.77. The van der Waals surface area contributed by atoms with Crippen molar-refractivity contribution in [1.82, 2.24) is 19.6 Å². The van der Waals surface area contributed by atoms with Crippen molar-refractivity contribution >= 4 is 26.8 Å². The van der Waals surface area contributed by atoms with Crippen molar-refractivity contribution < 1.29 is 26.7 Å². The molecule has 0 saturated carbocycles. The van der Waals surface area contributed by atoms with E-state index in [4.69, 9.17) is 9.84 Å². The molecule has 0 spiro atoms. The Balaban J connectivity index is 1.59. The molecule has 2 aliphatic heterocycles. The largest absolute Gasteiger partial charge is 0.378 e. The second-order valence-electron chi connectivity index (χ2n) is 10.2. The van der Waals surface area contributed by atoms with Crippen LogP contribution in [0.2, 0.25) is 0 Å². The molecule has 2 aliphatic rings. The van der Waals surface area contributed by atoms with Crippen molar-refractivity contribution in [3.63, 3.8) is 0 Å². The number of ether oxygens (including phenoxy) is 1. The first-order valence-corrected chi connectivity index (χ1v) is 16.4. The summed E-state index contributed by atoms with van der Waals surface area (Å²) in [6.07, 6.45) is 2.40. The normalized spacial score (nSPS) is 19.2. The number of hydrogen-bond acceptors (Lipinski definition) is 7. The van der Waals surface area contributed by atoms with Crippen LogP contribution in [-0.4, -0.2) is 93.6 Å². The van der Waals surface area contributed by atoms with Crippen molar-refractivity contribution in [1.29, 1.82) is 0 Å². The number of hydrogen-bond donors (Lipinski definition) is 1. The van der Waals surface area contributed by atoms with Gasteiger partial charge in [-0.15, -0.1) is 0 Å². The molecule has 0 bridgehead atoms. The molecule has 3 aromatic rings. The van der Waals surface area contributed by atoms with E-state index in [9.17, 15) is 22.0 Å². The molecule has 0 aliphatic carbocycles. The van der Waals surface area contributed by atoms with Crippen LogP contribution in [0.25, 0.3) is 16.9 Å². The fourth-order valence-electron chi connectivity index (χ4n) is 5.49. The summed E-state index contributed by atoms with van der Waals surface area (Å²) in [5.74, 6) is -0.192. The van der Waals surface area contributed by atoms with Gasteiger partial charge in [0.2, 0.25) is 0 Å². The Kier molecular flexibility index (Phi) is 8.52. The van der Waals surface area contributed by atoms with Gasteiger partial charge in [-0.05, 0) is 43.1 Å². The highest BCUT2D eigenvalue weighted by Gasteiger charge is 2.31. The lowest BCUT2D eigenvalue weighted by Gasteiger charge is -2.26. The van der Waals surface area contributed by atoms with Crippen LogP contribution in [0.4, 0.5) is 0 Å². The molecular formula is C28H34N4O6S2. The minimum absolute atomic E-state index is 0.192. The monoisotopic (exact) mass is 586 g/mol. The molecule has 10 nitrogen and oxygen atoms in total. The lowest BCUT2D eigenvalue weighted by Crippen LogP contribution is -2.41. The van der Waals surface area contributed by atoms with Gasteiger partial charge < -0.3 is 14.2 Å². The first-order valence-electron chi connectivity index (χ1n) is 13.4. The second kappa shape index (κ2) is 11.9. The van der Waals surface area contributed by atoms with Crippen LogP contribution in [-0.2, 0) is 38.6 Å². The number of carbonyl (C=O) groups is 1. The molecule has 1 N–H and O–H groups in total. The number of sulfone groups is 1. The maximum Gasteiger partial charge on any atom is 0.274 e. The fourth-order valence-corrected chi connectivity index (χ4v) is 7.05. The van der Waals surface area contributed by atoms with Crippen LogP contribution in [0.3, 0.4) is 0 Å². The molecule has 3 heterocycles. The van der Waals surface area contributed by atoms with E-state index in [0.29, 0.717) is 87.0 Å². The number of likely N-dealkylation sites (tertiary alicyclic amines) is 1. The maximum absolute atomic E-state index is 13.7. The van der Waals surface area contributed by atoms with E-state index in [0.717, 1.165) is 5.56 Å². The van der Waals surface area contributed by atoms with Crippen molar-refractivity contribution in [2.75, 3.05) is 45.6 Å². The Morgan fingerprint density at radius 1 is 1.12 bits per heavy atom. The van der Waals surface area contributed by atoms with E-state index >= 15 is 0 Å². The van der Waals surface area contributed by atoms with Gasteiger partial charge in [-0.1, -0.05) is 37.3 Å². The zero-order valence-corrected chi connectivity index (χ0v) is 24.3. The number of rotatable bonds is 8. The van der Waals surface area contributed by atoms with Crippen LogP contribution in [0, 0.1) is 0 Å². The van der Waals surface area contributed by atoms with E-state index in [2.05, 4.69) is 4.90 Å². The summed E-state index contributed by atoms with van der Waals surface area (Å²) in [5.41, 5.74) is 3.85. The maximum atomic E-state index is 13.7. The van der Waals surface area contributed by atoms with E-state index in [1.807, 2.05) is 31.2 Å². The minimum atomic E-state index is -3.09. The molecule has 214 valence electrons. The van der Waals surface area contributed by atoms with Crippen LogP contribution in [0.5, 0.6) is 0 Å². The van der Waals surface area contributed by atoms with Gasteiger partial charge in [0.15, 0.2) is 26.6 Å². The Labute approximate surface area is 237 Å². The number of amides is 1. The lowest BCUT2D eigenvalue weighted by atomic mass is 10.0. The standard InChI is InChI=1S/C28H34N4O6S2/c1-3-23-26(28(33)31-13-15-38-16-14-31)29-32(27(23)24-9-4-5-10-25(24)39(34)35)21-8-6-7-20(17-21)18-30-12-11-22(19-30)40(2,36)37/h4-10,17,22H,3,11-16,18-19H2,1-2H3,(H,34,35). The Morgan fingerprint density at radius 2 is 1.88 bits per heavy atom. The number of carbonyl (C=O) groups excluding carboxylic acids is 1. The third-order valence-corrected chi connectivity index (χ3v) is 9.89. The molecule has 12 heteroatoms. The number of benzene rings is 2. The third-order valence-electron chi connectivity index (χ3n) is 7.56. The van der Waals surface area contributed by atoms with Crippen LogP contribution in [0.15, 0.2) is 53.4 Å². The molecular weight excluding hydrogens is 552 g/mol. The molecule has 40 heavy (non-hydrogen) atoms. The summed E-state index contributed by atoms with van der Waals surface area (Å²) in [6, 6.07) is 14.7. The molecule has 2 fully saturated rings. The highest BCUT2D eigenvalue weighted by atomic mass is 32.2. The summed E-state index contributed by atoms with van der Waals surface area (Å²) in [4.78, 5) is 17.8. The van der Waals surface area contributed by atoms with E-state index in [1.54, 1.807) is 33.8 Å². The van der Waals surface area contributed by atoms with E-state index in [-0.39, 0.29) is 16.1 Å². The average molecular weight is 587 g/mol. The van der Waals surface area contributed by atoms with Gasteiger partial charge in [-0.2, -0.15) is 5.10 Å². The number of nitrogens with zero attached hydrogens (tertiary/aromatic N) is 4. The first kappa shape index (κ1) is 28.6. The SMILES string of the molecule is CCc1c(C(=O)N2CCOCC2)nn(-c2cccc(CN3CCC(S(C)(=O)=O)C3)c2)c1-c1ccccc1S(=O)O. The summed E-state index contributed by atoms with van der Waals surface area (Å²) in [7, 11) is -3.09. The molecule has 1 aromatic heterocycles. The van der Waals surface area contributed by atoms with Gasteiger partial charge >= 0.3 is 0 Å². The topological polar surface area (TPSA) is 122 Å². The van der Waals surface area contributed by atoms with E-state index in [1.165, 1.54) is 6.26 Å². The number of morpholine rings is 1. The average Bonchev–Trinajstić information content (AvgIpc) is 3.58. The molecule has 2 unspecified atom stereocenters. The van der Waals surface area contributed by atoms with Gasteiger partial charge in [-0.25, -0.2) is 17.3 Å². The highest BCUT2D eigenvalue weighted by Crippen LogP contribution is 2.34. The zero-order valence-electron chi connectivity index (χ0n) is 22.7. The highest BCUT2D eigenvalue weighted by molar-refractivity contribution is 7.91. The Bertz CT molecular complexity index is 1530. The zero-order chi connectivity index (χ0) is 28.4. The molecule has 2 atom stereocenters. The van der Waals surface area contributed by atoms with Crippen molar-refractivity contribution in [3.8, 4) is 16.9 Å². The first-order chi connectivity index (χ1) is 19.2. The molecule has 1 amide bonds. The van der Waals surface area contributed by atoms with Crippen LogP contribution >= 0.6 is 0 Å². The molecule has 2 saturated heterocycles. The molecule has 0 radical (unpaired) electrons. The van der Waals surface area contributed by atoms with Gasteiger partial charge in [0, 0.05) is 43.6 Å². The van der Waals surface area contributed by atoms with Crippen molar-refractivity contribution in [2.45, 2.75) is 36.5 Å². The Hall–Kier alpha value is -2.90. The lowest BCUT2D eigenvalue weighted by molar-refractivity contribution is 0.0298. The summed E-state index contributed by atoms with van der Waals surface area (Å²) in [6.45, 7) is 5.59. The fraction of sp³-hybridized carbons (Fsp3) is 0.429. The number of aromatic nitrogens is 2. The summed E-state index contributed by atoms with van der Waals surface area (Å²) < 4.78 is 53.6. The van der Waals surface area contributed by atoms with Crippen LogP contribution in [0.1, 0.15) is 35.0 Å². The van der Waals surface area contributed by atoms with E-state index < -0.39 is 20.9 Å². The van der Waals surface area contributed by atoms with Gasteiger partial charge in [0.1, 0.15) is 0 Å². The smallest absolute Gasteiger partial charge is 0.274 e. The van der Waals surface area contributed by atoms with Crippen molar-refractivity contribution in [2.24, 2.45) is 0 Å². The molecule has 2 aromatic carbocycles. The minimum Gasteiger partial charge on any atom is -0.378 e. The molecule has 5 rings (SSSR count). The van der Waals surface area contributed by atoms with Crippen molar-refractivity contribution in [3.05, 3.63) is 65.4 Å². The van der Waals surface area contributed by atoms with Crippen LogP contribution < -0.4 is 0 Å². The van der Waals surface area contributed by atoms with Gasteiger partial charge in [-0.3, -0.25) is 9.69 Å². The third kappa shape index (κ3) is 5.91. The quantitative estimate of drug-likeness (QED) is 0.400. The second-order valence-corrected chi connectivity index (χ2v) is 13.5.